The Labute approximate surface area is 120 Å². The summed E-state index contributed by atoms with van der Waals surface area (Å²) in [6.07, 6.45) is 0. The first kappa shape index (κ1) is 15.0. The van der Waals surface area contributed by atoms with Gasteiger partial charge in [0.2, 0.25) is 5.91 Å². The van der Waals surface area contributed by atoms with E-state index in [4.69, 9.17) is 5.73 Å². The summed E-state index contributed by atoms with van der Waals surface area (Å²) in [6, 6.07) is 4.14. The number of carbonyl (C=O) groups is 1. The number of anilines is 1. The molecule has 112 valence electrons. The Kier molecular flexibility index (Phi) is 3.69. The number of nitrogens with two attached hydrogens (primary N) is 1. The maximum atomic E-state index is 12.1. The van der Waals surface area contributed by atoms with E-state index < -0.39 is 17.2 Å². The number of aromatic nitrogens is 2. The van der Waals surface area contributed by atoms with Gasteiger partial charge in [-0.2, -0.15) is 0 Å². The summed E-state index contributed by atoms with van der Waals surface area (Å²) in [4.78, 5) is 39.5. The van der Waals surface area contributed by atoms with Gasteiger partial charge in [0.05, 0.1) is 17.1 Å². The summed E-state index contributed by atoms with van der Waals surface area (Å²) in [6.45, 7) is 5.62. The van der Waals surface area contributed by atoms with Crippen molar-refractivity contribution in [1.29, 1.82) is 0 Å². The summed E-state index contributed by atoms with van der Waals surface area (Å²) in [5.41, 5.74) is 5.48. The van der Waals surface area contributed by atoms with Gasteiger partial charge in [0.15, 0.2) is 0 Å². The molecular formula is C14H18N4O3. The Bertz CT molecular complexity index is 798. The standard InChI is InChI=1S/C14H18N4O3/c1-14(2,3)10(15)11(19)16-7-4-5-8-9(6-7)18-13(21)12(20)17-8/h4-6,10H,15H2,1-3H3,(H,16,19)(H,17,20)(H,18,21)/t10-/m1/s1. The third kappa shape index (κ3) is 3.19. The lowest BCUT2D eigenvalue weighted by atomic mass is 9.87. The number of H-pyrrole nitrogens is 2. The molecule has 0 aliphatic rings. The minimum Gasteiger partial charge on any atom is -0.325 e. The Morgan fingerprint density at radius 1 is 1.14 bits per heavy atom. The van der Waals surface area contributed by atoms with Crippen LogP contribution < -0.4 is 22.2 Å². The van der Waals surface area contributed by atoms with E-state index in [0.717, 1.165) is 0 Å². The average Bonchev–Trinajstić information content (AvgIpc) is 2.38. The monoisotopic (exact) mass is 290 g/mol. The van der Waals surface area contributed by atoms with Gasteiger partial charge in [0.1, 0.15) is 0 Å². The normalized spacial score (nSPS) is 13.1. The zero-order chi connectivity index (χ0) is 15.8. The van der Waals surface area contributed by atoms with Gasteiger partial charge in [-0.3, -0.25) is 14.4 Å². The molecule has 0 saturated heterocycles. The third-order valence-electron chi connectivity index (χ3n) is 3.21. The van der Waals surface area contributed by atoms with Crippen molar-refractivity contribution in [2.45, 2.75) is 26.8 Å². The van der Waals surface area contributed by atoms with Crippen molar-refractivity contribution in [1.82, 2.24) is 9.97 Å². The zero-order valence-electron chi connectivity index (χ0n) is 12.1. The molecule has 1 aromatic heterocycles. The molecule has 0 fully saturated rings. The highest BCUT2D eigenvalue weighted by atomic mass is 16.2. The number of nitrogens with one attached hydrogen (secondary N) is 3. The molecule has 2 aromatic rings. The Balaban J connectivity index is 2.32. The second-order valence-corrected chi connectivity index (χ2v) is 6.00. The lowest BCUT2D eigenvalue weighted by Crippen LogP contribution is -2.45. The first-order valence-electron chi connectivity index (χ1n) is 6.51. The molecule has 1 amide bonds. The van der Waals surface area contributed by atoms with E-state index in [1.807, 2.05) is 20.8 Å². The topological polar surface area (TPSA) is 121 Å². The van der Waals surface area contributed by atoms with Crippen LogP contribution in [0.3, 0.4) is 0 Å². The number of fused-ring (bicyclic) bond motifs is 1. The second kappa shape index (κ2) is 5.17. The van der Waals surface area contributed by atoms with E-state index in [0.29, 0.717) is 16.7 Å². The molecule has 2 rings (SSSR count). The number of rotatable bonds is 2. The quantitative estimate of drug-likeness (QED) is 0.603. The van der Waals surface area contributed by atoms with Gasteiger partial charge in [-0.1, -0.05) is 20.8 Å². The van der Waals surface area contributed by atoms with Crippen molar-refractivity contribution < 1.29 is 4.79 Å². The summed E-state index contributed by atoms with van der Waals surface area (Å²) in [5, 5.41) is 2.70. The van der Waals surface area contributed by atoms with Gasteiger partial charge in [0, 0.05) is 5.69 Å². The van der Waals surface area contributed by atoms with Crippen LogP contribution in [0.15, 0.2) is 27.8 Å². The van der Waals surface area contributed by atoms with Crippen LogP contribution in [0.1, 0.15) is 20.8 Å². The fraction of sp³-hybridized carbons (Fsp3) is 0.357. The lowest BCUT2D eigenvalue weighted by Gasteiger charge is -2.25. The predicted molar refractivity (Wildman–Crippen MR) is 81.2 cm³/mol. The molecule has 21 heavy (non-hydrogen) atoms. The largest absolute Gasteiger partial charge is 0.325 e. The van der Waals surface area contributed by atoms with E-state index >= 15 is 0 Å². The molecule has 0 spiro atoms. The van der Waals surface area contributed by atoms with Crippen molar-refractivity contribution >= 4 is 22.6 Å². The van der Waals surface area contributed by atoms with Crippen molar-refractivity contribution in [3.05, 3.63) is 38.9 Å². The van der Waals surface area contributed by atoms with Crippen LogP contribution in [0.5, 0.6) is 0 Å². The molecule has 0 bridgehead atoms. The smallest absolute Gasteiger partial charge is 0.314 e. The van der Waals surface area contributed by atoms with Gasteiger partial charge >= 0.3 is 11.1 Å². The lowest BCUT2D eigenvalue weighted by molar-refractivity contribution is -0.119. The highest BCUT2D eigenvalue weighted by Gasteiger charge is 2.27. The fourth-order valence-corrected chi connectivity index (χ4v) is 1.81. The zero-order valence-corrected chi connectivity index (χ0v) is 12.1. The van der Waals surface area contributed by atoms with Gasteiger partial charge in [-0.05, 0) is 23.6 Å². The maximum absolute atomic E-state index is 12.1. The average molecular weight is 290 g/mol. The molecule has 0 aliphatic heterocycles. The van der Waals surface area contributed by atoms with Gasteiger partial charge in [0.25, 0.3) is 0 Å². The van der Waals surface area contributed by atoms with Crippen molar-refractivity contribution in [2.24, 2.45) is 11.1 Å². The van der Waals surface area contributed by atoms with Gasteiger partial charge < -0.3 is 21.0 Å². The van der Waals surface area contributed by atoms with Crippen LogP contribution in [0, 0.1) is 5.41 Å². The van der Waals surface area contributed by atoms with Crippen molar-refractivity contribution in [2.75, 3.05) is 5.32 Å². The van der Waals surface area contributed by atoms with Crippen molar-refractivity contribution in [3.8, 4) is 0 Å². The molecule has 0 unspecified atom stereocenters. The minimum absolute atomic E-state index is 0.311. The fourth-order valence-electron chi connectivity index (χ4n) is 1.81. The number of hydrogen-bond donors (Lipinski definition) is 4. The number of carbonyl (C=O) groups excluding carboxylic acids is 1. The molecule has 1 atom stereocenters. The number of aromatic amines is 2. The molecule has 0 aliphatic carbocycles. The first-order chi connectivity index (χ1) is 9.68. The van der Waals surface area contributed by atoms with Crippen LogP contribution in [0.2, 0.25) is 0 Å². The number of hydrogen-bond acceptors (Lipinski definition) is 4. The summed E-state index contributed by atoms with van der Waals surface area (Å²) >= 11 is 0. The highest BCUT2D eigenvalue weighted by Crippen LogP contribution is 2.20. The van der Waals surface area contributed by atoms with Crippen LogP contribution in [0.25, 0.3) is 11.0 Å². The molecule has 1 aromatic carbocycles. The third-order valence-corrected chi connectivity index (χ3v) is 3.21. The minimum atomic E-state index is -0.739. The van der Waals surface area contributed by atoms with Crippen LogP contribution in [-0.2, 0) is 4.79 Å². The van der Waals surface area contributed by atoms with Gasteiger partial charge in [-0.25, -0.2) is 0 Å². The van der Waals surface area contributed by atoms with E-state index in [9.17, 15) is 14.4 Å². The Morgan fingerprint density at radius 3 is 2.29 bits per heavy atom. The second-order valence-electron chi connectivity index (χ2n) is 6.00. The van der Waals surface area contributed by atoms with Crippen LogP contribution in [0.4, 0.5) is 5.69 Å². The summed E-state index contributed by atoms with van der Waals surface area (Å²) < 4.78 is 0. The predicted octanol–water partition coefficient (Wildman–Crippen LogP) is 0.528. The van der Waals surface area contributed by atoms with E-state index in [1.54, 1.807) is 18.2 Å². The van der Waals surface area contributed by atoms with E-state index in [2.05, 4.69) is 15.3 Å². The first-order valence-corrected chi connectivity index (χ1v) is 6.51. The SMILES string of the molecule is CC(C)(C)[C@H](N)C(=O)Nc1ccc2[nH]c(=O)c(=O)[nH]c2c1. The molecule has 7 heteroatoms. The summed E-state index contributed by atoms with van der Waals surface area (Å²) in [7, 11) is 0. The Morgan fingerprint density at radius 2 is 1.71 bits per heavy atom. The summed E-state index contributed by atoms with van der Waals surface area (Å²) in [5.74, 6) is -0.311. The number of amides is 1. The van der Waals surface area contributed by atoms with Crippen molar-refractivity contribution in [3.63, 3.8) is 0 Å². The molecule has 7 nitrogen and oxygen atoms in total. The maximum Gasteiger partial charge on any atom is 0.314 e. The van der Waals surface area contributed by atoms with Crippen LogP contribution in [-0.4, -0.2) is 21.9 Å². The van der Waals surface area contributed by atoms with E-state index in [1.165, 1.54) is 0 Å². The molecule has 1 heterocycles. The molecule has 5 N–H and O–H groups in total. The molecule has 0 saturated carbocycles. The van der Waals surface area contributed by atoms with E-state index in [-0.39, 0.29) is 11.3 Å². The number of benzene rings is 1. The molecular weight excluding hydrogens is 272 g/mol. The molecule has 0 radical (unpaired) electrons. The van der Waals surface area contributed by atoms with Crippen LogP contribution >= 0.6 is 0 Å². The highest BCUT2D eigenvalue weighted by molar-refractivity contribution is 5.96. The van der Waals surface area contributed by atoms with Gasteiger partial charge in [-0.15, -0.1) is 0 Å². The Hall–Kier alpha value is -2.41.